The molecular formula is C19H14N2O2. The van der Waals surface area contributed by atoms with E-state index in [2.05, 4.69) is 4.98 Å². The minimum atomic E-state index is -0.823. The fourth-order valence-electron chi connectivity index (χ4n) is 3.86. The van der Waals surface area contributed by atoms with Gasteiger partial charge in [0.2, 0.25) is 0 Å². The van der Waals surface area contributed by atoms with E-state index in [-0.39, 0.29) is 5.91 Å². The van der Waals surface area contributed by atoms with Crippen LogP contribution in [0.4, 0.5) is 0 Å². The number of carbonyl (C=O) groups excluding carboxylic acids is 1. The lowest BCUT2D eigenvalue weighted by Crippen LogP contribution is -2.40. The van der Waals surface area contributed by atoms with Crippen LogP contribution in [0.5, 0.6) is 0 Å². The van der Waals surface area contributed by atoms with E-state index < -0.39 is 5.72 Å². The molecular weight excluding hydrogens is 288 g/mol. The summed E-state index contributed by atoms with van der Waals surface area (Å²) in [6, 6.07) is 17.7. The molecule has 2 aliphatic heterocycles. The maximum atomic E-state index is 12.8. The molecule has 3 heterocycles. The maximum Gasteiger partial charge on any atom is 0.257 e. The molecule has 2 aromatic carbocycles. The standard InChI is InChI=1S/C19H14N2O2/c22-18-14-6-1-3-7-15(14)19(21(18)11-12-23-19)16-9-10-20-17-8-4-2-5-13(16)17/h1-10H,11-12H2. The van der Waals surface area contributed by atoms with Crippen molar-refractivity contribution in [3.05, 3.63) is 77.5 Å². The van der Waals surface area contributed by atoms with E-state index in [1.54, 1.807) is 6.20 Å². The summed E-state index contributed by atoms with van der Waals surface area (Å²) in [5, 5.41) is 1.02. The average Bonchev–Trinajstić information content (AvgIpc) is 3.14. The van der Waals surface area contributed by atoms with E-state index in [1.165, 1.54) is 0 Å². The molecule has 5 rings (SSSR count). The van der Waals surface area contributed by atoms with Crippen molar-refractivity contribution < 1.29 is 9.53 Å². The van der Waals surface area contributed by atoms with Gasteiger partial charge in [0.1, 0.15) is 0 Å². The summed E-state index contributed by atoms with van der Waals surface area (Å²) in [4.78, 5) is 19.1. The number of nitrogens with zero attached hydrogens (tertiary/aromatic N) is 2. The van der Waals surface area contributed by atoms with Crippen molar-refractivity contribution in [2.75, 3.05) is 13.2 Å². The van der Waals surface area contributed by atoms with Crippen LogP contribution in [-0.2, 0) is 10.5 Å². The molecule has 1 aromatic heterocycles. The van der Waals surface area contributed by atoms with Gasteiger partial charge in [-0.1, -0.05) is 36.4 Å². The molecule has 0 spiro atoms. The van der Waals surface area contributed by atoms with Crippen LogP contribution in [0.2, 0.25) is 0 Å². The molecule has 1 amide bonds. The predicted octanol–water partition coefficient (Wildman–Crippen LogP) is 2.92. The summed E-state index contributed by atoms with van der Waals surface area (Å²) in [6.07, 6.45) is 1.79. The highest BCUT2D eigenvalue weighted by molar-refractivity contribution is 6.01. The van der Waals surface area contributed by atoms with Gasteiger partial charge in [0.05, 0.1) is 12.1 Å². The lowest BCUT2D eigenvalue weighted by molar-refractivity contribution is -0.0293. The van der Waals surface area contributed by atoms with Gasteiger partial charge in [-0.2, -0.15) is 0 Å². The number of para-hydroxylation sites is 1. The zero-order valence-electron chi connectivity index (χ0n) is 12.4. The van der Waals surface area contributed by atoms with Gasteiger partial charge >= 0.3 is 0 Å². The Balaban J connectivity index is 1.89. The predicted molar refractivity (Wildman–Crippen MR) is 86.0 cm³/mol. The van der Waals surface area contributed by atoms with Crippen LogP contribution in [0.15, 0.2) is 60.8 Å². The fourth-order valence-corrected chi connectivity index (χ4v) is 3.86. The van der Waals surface area contributed by atoms with Crippen LogP contribution in [0.25, 0.3) is 10.9 Å². The Hall–Kier alpha value is -2.72. The summed E-state index contributed by atoms with van der Waals surface area (Å²) in [6.45, 7) is 1.14. The molecule has 4 heteroatoms. The minimum absolute atomic E-state index is 0.0407. The SMILES string of the molecule is O=C1c2ccccc2C2(c3ccnc4ccccc34)OCCN12. The number of pyridine rings is 1. The number of fused-ring (bicyclic) bond motifs is 4. The first kappa shape index (κ1) is 12.8. The van der Waals surface area contributed by atoms with Crippen LogP contribution in [-0.4, -0.2) is 28.9 Å². The Kier molecular flexibility index (Phi) is 2.44. The number of carbonyl (C=O) groups is 1. The van der Waals surface area contributed by atoms with Crippen LogP contribution in [0.1, 0.15) is 21.5 Å². The van der Waals surface area contributed by atoms with Crippen molar-refractivity contribution >= 4 is 16.8 Å². The summed E-state index contributed by atoms with van der Waals surface area (Å²) >= 11 is 0. The summed E-state index contributed by atoms with van der Waals surface area (Å²) in [5.41, 5.74) is 2.73. The van der Waals surface area contributed by atoms with E-state index in [1.807, 2.05) is 59.5 Å². The second kappa shape index (κ2) is 4.40. The third kappa shape index (κ3) is 1.48. The number of hydrogen-bond acceptors (Lipinski definition) is 3. The molecule has 0 N–H and O–H groups in total. The second-order valence-electron chi connectivity index (χ2n) is 5.87. The van der Waals surface area contributed by atoms with Crippen LogP contribution in [0, 0.1) is 0 Å². The molecule has 0 radical (unpaired) electrons. The molecule has 4 nitrogen and oxygen atoms in total. The van der Waals surface area contributed by atoms with E-state index >= 15 is 0 Å². The Labute approximate surface area is 133 Å². The van der Waals surface area contributed by atoms with Gasteiger partial charge in [0.15, 0.2) is 5.72 Å². The van der Waals surface area contributed by atoms with E-state index in [0.29, 0.717) is 13.2 Å². The fraction of sp³-hybridized carbons (Fsp3) is 0.158. The topological polar surface area (TPSA) is 42.4 Å². The number of amides is 1. The Morgan fingerprint density at radius 2 is 1.83 bits per heavy atom. The smallest absolute Gasteiger partial charge is 0.257 e. The van der Waals surface area contributed by atoms with Crippen molar-refractivity contribution in [3.8, 4) is 0 Å². The molecule has 23 heavy (non-hydrogen) atoms. The molecule has 1 atom stereocenters. The van der Waals surface area contributed by atoms with E-state index in [0.717, 1.165) is 27.6 Å². The van der Waals surface area contributed by atoms with Crippen molar-refractivity contribution in [2.45, 2.75) is 5.72 Å². The lowest BCUT2D eigenvalue weighted by Gasteiger charge is -2.32. The molecule has 0 aliphatic carbocycles. The van der Waals surface area contributed by atoms with Gasteiger partial charge in [-0.05, 0) is 18.2 Å². The molecule has 0 bridgehead atoms. The average molecular weight is 302 g/mol. The number of ether oxygens (including phenoxy) is 1. The summed E-state index contributed by atoms with van der Waals surface area (Å²) in [7, 11) is 0. The molecule has 3 aromatic rings. The first-order valence-corrected chi connectivity index (χ1v) is 7.72. The first-order chi connectivity index (χ1) is 11.3. The maximum absolute atomic E-state index is 12.8. The molecule has 1 saturated heterocycles. The van der Waals surface area contributed by atoms with Crippen LogP contribution < -0.4 is 0 Å². The highest BCUT2D eigenvalue weighted by Crippen LogP contribution is 2.49. The van der Waals surface area contributed by atoms with Gasteiger partial charge < -0.3 is 4.74 Å². The van der Waals surface area contributed by atoms with Crippen molar-refractivity contribution in [1.29, 1.82) is 0 Å². The van der Waals surface area contributed by atoms with Crippen LogP contribution in [0.3, 0.4) is 0 Å². The molecule has 112 valence electrons. The van der Waals surface area contributed by atoms with Gasteiger partial charge in [-0.3, -0.25) is 14.7 Å². The number of benzene rings is 2. The van der Waals surface area contributed by atoms with Gasteiger partial charge in [0, 0.05) is 34.8 Å². The number of rotatable bonds is 1. The Bertz CT molecular complexity index is 948. The van der Waals surface area contributed by atoms with Crippen LogP contribution >= 0.6 is 0 Å². The molecule has 0 saturated carbocycles. The zero-order chi connectivity index (χ0) is 15.4. The van der Waals surface area contributed by atoms with Crippen molar-refractivity contribution in [1.82, 2.24) is 9.88 Å². The summed E-state index contributed by atoms with van der Waals surface area (Å²) < 4.78 is 6.23. The minimum Gasteiger partial charge on any atom is -0.345 e. The quantitative estimate of drug-likeness (QED) is 0.694. The van der Waals surface area contributed by atoms with Gasteiger partial charge in [-0.15, -0.1) is 0 Å². The molecule has 2 aliphatic rings. The third-order valence-corrected chi connectivity index (χ3v) is 4.79. The van der Waals surface area contributed by atoms with E-state index in [4.69, 9.17) is 4.74 Å². The Morgan fingerprint density at radius 3 is 2.78 bits per heavy atom. The Morgan fingerprint density at radius 1 is 1.00 bits per heavy atom. The summed E-state index contributed by atoms with van der Waals surface area (Å²) in [5.74, 6) is 0.0407. The zero-order valence-corrected chi connectivity index (χ0v) is 12.4. The van der Waals surface area contributed by atoms with Gasteiger partial charge in [0.25, 0.3) is 5.91 Å². The normalized spacial score (nSPS) is 22.4. The number of aromatic nitrogens is 1. The second-order valence-corrected chi connectivity index (χ2v) is 5.87. The highest BCUT2D eigenvalue weighted by atomic mass is 16.5. The first-order valence-electron chi connectivity index (χ1n) is 7.72. The van der Waals surface area contributed by atoms with E-state index in [9.17, 15) is 4.79 Å². The van der Waals surface area contributed by atoms with Crippen molar-refractivity contribution in [3.63, 3.8) is 0 Å². The molecule has 1 fully saturated rings. The van der Waals surface area contributed by atoms with Gasteiger partial charge in [-0.25, -0.2) is 0 Å². The number of hydrogen-bond donors (Lipinski definition) is 0. The van der Waals surface area contributed by atoms with Crippen molar-refractivity contribution in [2.24, 2.45) is 0 Å². The highest BCUT2D eigenvalue weighted by Gasteiger charge is 2.55. The molecule has 1 unspecified atom stereocenters. The lowest BCUT2D eigenvalue weighted by atomic mass is 9.91. The largest absolute Gasteiger partial charge is 0.345 e. The third-order valence-electron chi connectivity index (χ3n) is 4.79. The monoisotopic (exact) mass is 302 g/mol.